The van der Waals surface area contributed by atoms with Crippen LogP contribution >= 0.6 is 11.6 Å². The van der Waals surface area contributed by atoms with Crippen LogP contribution in [0.2, 0.25) is 5.02 Å². The minimum absolute atomic E-state index is 0.0147. The van der Waals surface area contributed by atoms with Crippen LogP contribution in [0.1, 0.15) is 43.7 Å². The van der Waals surface area contributed by atoms with E-state index >= 15 is 0 Å². The van der Waals surface area contributed by atoms with Gasteiger partial charge in [0, 0.05) is 18.1 Å². The lowest BCUT2D eigenvalue weighted by Crippen LogP contribution is -2.53. The zero-order chi connectivity index (χ0) is 24.8. The topological polar surface area (TPSA) is 49.4 Å². The number of nitrogens with zero attached hydrogens (tertiary/aromatic N) is 1. The number of benzene rings is 3. The Hall–Kier alpha value is -3.11. The summed E-state index contributed by atoms with van der Waals surface area (Å²) in [7, 11) is 0. The van der Waals surface area contributed by atoms with Gasteiger partial charge >= 0.3 is 0 Å². The minimum Gasteiger partial charge on any atom is -0.344 e. The molecule has 3 aromatic carbocycles. The number of hydrogen-bond acceptors (Lipinski definition) is 2. The van der Waals surface area contributed by atoms with Crippen molar-refractivity contribution < 1.29 is 9.59 Å². The molecule has 1 atom stereocenters. The molecule has 3 aromatic rings. The molecule has 5 heteroatoms. The second-order valence-corrected chi connectivity index (χ2v) is 10.1. The maximum atomic E-state index is 13.3. The Kier molecular flexibility index (Phi) is 8.25. The van der Waals surface area contributed by atoms with Gasteiger partial charge < -0.3 is 10.2 Å². The summed E-state index contributed by atoms with van der Waals surface area (Å²) in [5.41, 5.74) is 4.47. The number of piperidine rings is 1. The average Bonchev–Trinajstić information content (AvgIpc) is 2.88. The van der Waals surface area contributed by atoms with Gasteiger partial charge in [0.05, 0.1) is 6.42 Å². The third-order valence-electron chi connectivity index (χ3n) is 6.82. The summed E-state index contributed by atoms with van der Waals surface area (Å²) < 4.78 is 0. The molecule has 1 N–H and O–H groups in total. The number of rotatable bonds is 7. The molecule has 1 aliphatic rings. The number of hydrogen-bond donors (Lipinski definition) is 1. The fourth-order valence-corrected chi connectivity index (χ4v) is 4.86. The Morgan fingerprint density at radius 2 is 1.49 bits per heavy atom. The molecule has 0 radical (unpaired) electrons. The van der Waals surface area contributed by atoms with Crippen molar-refractivity contribution in [2.45, 2.75) is 45.1 Å². The molecule has 0 aromatic heterocycles. The summed E-state index contributed by atoms with van der Waals surface area (Å²) in [5.74, 6) is 0.339. The fraction of sp³-hybridized carbons (Fsp3) is 0.333. The van der Waals surface area contributed by atoms with E-state index in [4.69, 9.17) is 11.6 Å². The summed E-state index contributed by atoms with van der Waals surface area (Å²) in [4.78, 5) is 28.1. The van der Waals surface area contributed by atoms with Gasteiger partial charge in [0.25, 0.3) is 0 Å². The highest BCUT2D eigenvalue weighted by atomic mass is 35.5. The van der Waals surface area contributed by atoms with Gasteiger partial charge in [0.2, 0.25) is 11.8 Å². The first-order valence-electron chi connectivity index (χ1n) is 12.4. The first-order valence-corrected chi connectivity index (χ1v) is 12.8. The lowest BCUT2D eigenvalue weighted by Gasteiger charge is -2.35. The van der Waals surface area contributed by atoms with E-state index in [1.807, 2.05) is 73.3 Å². The van der Waals surface area contributed by atoms with Crippen molar-refractivity contribution >= 4 is 23.4 Å². The summed E-state index contributed by atoms with van der Waals surface area (Å²) in [6.45, 7) is 5.37. The molecule has 4 nitrogen and oxygen atoms in total. The van der Waals surface area contributed by atoms with E-state index in [0.29, 0.717) is 19.0 Å². The molecule has 1 saturated heterocycles. The summed E-state index contributed by atoms with van der Waals surface area (Å²) in [6.07, 6.45) is 2.09. The zero-order valence-electron chi connectivity index (χ0n) is 20.4. The molecular weight excluding hydrogens is 456 g/mol. The smallest absolute Gasteiger partial charge is 0.245 e. The van der Waals surface area contributed by atoms with Gasteiger partial charge in [-0.15, -0.1) is 0 Å². The first-order chi connectivity index (χ1) is 16.9. The van der Waals surface area contributed by atoms with Crippen molar-refractivity contribution in [1.29, 1.82) is 0 Å². The summed E-state index contributed by atoms with van der Waals surface area (Å²) >= 11 is 6.02. The molecule has 1 fully saturated rings. The highest BCUT2D eigenvalue weighted by Crippen LogP contribution is 2.29. The second kappa shape index (κ2) is 11.5. The normalized spacial score (nSPS) is 15.1. The number of nitrogens with one attached hydrogen (secondary N) is 1. The first kappa shape index (κ1) is 25.0. The Balaban J connectivity index is 1.32. The fourth-order valence-electron chi connectivity index (χ4n) is 4.73. The number of carbonyl (C=O) groups is 2. The van der Waals surface area contributed by atoms with E-state index in [2.05, 4.69) is 29.6 Å². The molecule has 2 amide bonds. The van der Waals surface area contributed by atoms with Crippen LogP contribution in [0.3, 0.4) is 0 Å². The minimum atomic E-state index is -0.516. The van der Waals surface area contributed by atoms with Crippen molar-refractivity contribution in [3.63, 3.8) is 0 Å². The molecule has 0 spiro atoms. The Labute approximate surface area is 213 Å². The summed E-state index contributed by atoms with van der Waals surface area (Å²) in [5, 5.41) is 3.75. The van der Waals surface area contributed by atoms with Crippen LogP contribution in [0.5, 0.6) is 0 Å². The van der Waals surface area contributed by atoms with Crippen LogP contribution in [0.4, 0.5) is 0 Å². The average molecular weight is 489 g/mol. The Morgan fingerprint density at radius 1 is 0.886 bits per heavy atom. The van der Waals surface area contributed by atoms with Gasteiger partial charge in [-0.05, 0) is 59.1 Å². The van der Waals surface area contributed by atoms with E-state index < -0.39 is 6.04 Å². The van der Waals surface area contributed by atoms with Crippen molar-refractivity contribution in [3.8, 4) is 11.1 Å². The Bertz CT molecular complexity index is 1120. The number of likely N-dealkylation sites (tertiary alicyclic amines) is 1. The van der Waals surface area contributed by atoms with E-state index in [-0.39, 0.29) is 24.2 Å². The van der Waals surface area contributed by atoms with E-state index in [0.717, 1.165) is 34.6 Å². The van der Waals surface area contributed by atoms with Crippen LogP contribution in [0.25, 0.3) is 11.1 Å². The molecule has 1 aliphatic heterocycles. The molecule has 0 saturated carbocycles. The molecule has 1 unspecified atom stereocenters. The van der Waals surface area contributed by atoms with Crippen LogP contribution in [-0.2, 0) is 16.0 Å². The predicted octanol–water partition coefficient (Wildman–Crippen LogP) is 6.10. The van der Waals surface area contributed by atoms with Crippen LogP contribution in [0, 0.1) is 5.92 Å². The second-order valence-electron chi connectivity index (χ2n) is 9.68. The maximum Gasteiger partial charge on any atom is 0.245 e. The lowest BCUT2D eigenvalue weighted by molar-refractivity contribution is -0.138. The molecule has 0 bridgehead atoms. The third kappa shape index (κ3) is 6.52. The molecule has 182 valence electrons. The van der Waals surface area contributed by atoms with Crippen molar-refractivity contribution in [3.05, 3.63) is 95.0 Å². The highest BCUT2D eigenvalue weighted by Gasteiger charge is 2.31. The zero-order valence-corrected chi connectivity index (χ0v) is 21.2. The summed E-state index contributed by atoms with van der Waals surface area (Å²) in [6, 6.07) is 25.7. The van der Waals surface area contributed by atoms with Crippen molar-refractivity contribution in [1.82, 2.24) is 10.2 Å². The van der Waals surface area contributed by atoms with E-state index in [1.54, 1.807) is 0 Å². The molecular formula is C30H33ClN2O2. The molecule has 1 heterocycles. The monoisotopic (exact) mass is 488 g/mol. The van der Waals surface area contributed by atoms with Gasteiger partial charge in [0.15, 0.2) is 0 Å². The van der Waals surface area contributed by atoms with Crippen LogP contribution in [-0.4, -0.2) is 35.8 Å². The highest BCUT2D eigenvalue weighted by molar-refractivity contribution is 6.30. The van der Waals surface area contributed by atoms with Crippen molar-refractivity contribution in [2.24, 2.45) is 5.92 Å². The van der Waals surface area contributed by atoms with Gasteiger partial charge in [-0.3, -0.25) is 9.59 Å². The third-order valence-corrected chi connectivity index (χ3v) is 7.07. The van der Waals surface area contributed by atoms with Gasteiger partial charge in [0.1, 0.15) is 6.04 Å². The number of carbonyl (C=O) groups excluding carboxylic acids is 2. The SMILES string of the molecule is CC(C)C(NC(=O)Cc1ccc(-c2ccccc2)cc1)C(=O)N1CCC(c2ccc(Cl)cc2)CC1. The van der Waals surface area contributed by atoms with Crippen LogP contribution in [0.15, 0.2) is 78.9 Å². The van der Waals surface area contributed by atoms with Crippen LogP contribution < -0.4 is 5.32 Å². The van der Waals surface area contributed by atoms with Gasteiger partial charge in [-0.1, -0.05) is 92.2 Å². The maximum absolute atomic E-state index is 13.3. The lowest BCUT2D eigenvalue weighted by atomic mass is 9.89. The number of amides is 2. The Morgan fingerprint density at radius 3 is 2.09 bits per heavy atom. The van der Waals surface area contributed by atoms with Crippen molar-refractivity contribution in [2.75, 3.05) is 13.1 Å². The quantitative estimate of drug-likeness (QED) is 0.437. The molecule has 0 aliphatic carbocycles. The predicted molar refractivity (Wildman–Crippen MR) is 142 cm³/mol. The molecule has 35 heavy (non-hydrogen) atoms. The van der Waals surface area contributed by atoms with E-state index in [1.165, 1.54) is 5.56 Å². The largest absolute Gasteiger partial charge is 0.344 e. The van der Waals surface area contributed by atoms with Gasteiger partial charge in [-0.2, -0.15) is 0 Å². The molecule has 4 rings (SSSR count). The van der Waals surface area contributed by atoms with E-state index in [9.17, 15) is 9.59 Å². The standard InChI is InChI=1S/C30H33ClN2O2/c1-21(2)29(30(35)33-18-16-26(17-19-33)25-12-14-27(31)15-13-25)32-28(34)20-22-8-10-24(11-9-22)23-6-4-3-5-7-23/h3-15,21,26,29H,16-20H2,1-2H3,(H,32,34). The number of halogens is 1. The van der Waals surface area contributed by atoms with Gasteiger partial charge in [-0.25, -0.2) is 0 Å².